The van der Waals surface area contributed by atoms with Crippen molar-refractivity contribution in [3.8, 4) is 5.75 Å². The number of hydrogen-bond donors (Lipinski definition) is 2. The van der Waals surface area contributed by atoms with E-state index in [0.29, 0.717) is 5.69 Å². The second-order valence-electron chi connectivity index (χ2n) is 5.42. The highest BCUT2D eigenvalue weighted by molar-refractivity contribution is 5.98. The number of carbonyl (C=O) groups is 2. The number of benzene rings is 2. The zero-order chi connectivity index (χ0) is 17.0. The fraction of sp³-hybridized carbons (Fsp3) is 0.222. The summed E-state index contributed by atoms with van der Waals surface area (Å²) in [5, 5.41) is 12.4. The van der Waals surface area contributed by atoms with Gasteiger partial charge >= 0.3 is 5.97 Å². The smallest absolute Gasteiger partial charge is 0.342 e. The van der Waals surface area contributed by atoms with Crippen molar-refractivity contribution in [1.29, 1.82) is 0 Å². The summed E-state index contributed by atoms with van der Waals surface area (Å²) in [4.78, 5) is 24.1. The summed E-state index contributed by atoms with van der Waals surface area (Å²) in [5.74, 6) is -1.34. The molecule has 5 nitrogen and oxygen atoms in total. The number of nitrogens with one attached hydrogen (secondary N) is 1. The standard InChI is InChI=1S/C18H19NO4/c1-11-4-7-14(8-5-11)19-17(21)13(3)23-18(22)15-9-6-12(2)10-16(15)20/h4-10,13,20H,1-3H3,(H,19,21)/t13-/m1/s1. The lowest BCUT2D eigenvalue weighted by molar-refractivity contribution is -0.123. The number of aromatic hydroxyl groups is 1. The predicted octanol–water partition coefficient (Wildman–Crippen LogP) is 3.19. The normalized spacial score (nSPS) is 11.6. The second kappa shape index (κ2) is 6.96. The molecule has 0 heterocycles. The van der Waals surface area contributed by atoms with Gasteiger partial charge in [-0.25, -0.2) is 4.79 Å². The molecule has 2 N–H and O–H groups in total. The van der Waals surface area contributed by atoms with Crippen molar-refractivity contribution in [3.05, 3.63) is 59.2 Å². The van der Waals surface area contributed by atoms with Crippen LogP contribution in [0.3, 0.4) is 0 Å². The molecule has 2 rings (SSSR count). The Hall–Kier alpha value is -2.82. The Morgan fingerprint density at radius 3 is 2.26 bits per heavy atom. The van der Waals surface area contributed by atoms with Gasteiger partial charge in [0.2, 0.25) is 0 Å². The highest BCUT2D eigenvalue weighted by Crippen LogP contribution is 2.20. The Kier molecular flexibility index (Phi) is 5.01. The van der Waals surface area contributed by atoms with Crippen LogP contribution in [0.15, 0.2) is 42.5 Å². The molecule has 0 bridgehead atoms. The van der Waals surface area contributed by atoms with E-state index in [1.54, 1.807) is 25.1 Å². The van der Waals surface area contributed by atoms with Gasteiger partial charge in [-0.05, 0) is 50.6 Å². The van der Waals surface area contributed by atoms with Gasteiger partial charge < -0.3 is 15.2 Å². The SMILES string of the molecule is Cc1ccc(NC(=O)[C@@H](C)OC(=O)c2ccc(C)cc2O)cc1. The molecular weight excluding hydrogens is 294 g/mol. The maximum atomic E-state index is 12.1. The average molecular weight is 313 g/mol. The minimum Gasteiger partial charge on any atom is -0.507 e. The van der Waals surface area contributed by atoms with E-state index in [1.807, 2.05) is 19.1 Å². The van der Waals surface area contributed by atoms with Crippen molar-refractivity contribution in [2.24, 2.45) is 0 Å². The van der Waals surface area contributed by atoms with Crippen LogP contribution in [0.4, 0.5) is 5.69 Å². The van der Waals surface area contributed by atoms with Crippen molar-refractivity contribution in [2.75, 3.05) is 5.32 Å². The van der Waals surface area contributed by atoms with E-state index in [9.17, 15) is 14.7 Å². The Balaban J connectivity index is 2.00. The molecule has 0 aliphatic carbocycles. The van der Waals surface area contributed by atoms with Crippen LogP contribution in [0, 0.1) is 13.8 Å². The zero-order valence-corrected chi connectivity index (χ0v) is 13.3. The number of carbonyl (C=O) groups excluding carboxylic acids is 2. The number of amides is 1. The minimum absolute atomic E-state index is 0.0329. The van der Waals surface area contributed by atoms with Gasteiger partial charge in [-0.1, -0.05) is 23.8 Å². The first-order valence-electron chi connectivity index (χ1n) is 7.25. The van der Waals surface area contributed by atoms with E-state index in [-0.39, 0.29) is 11.3 Å². The molecule has 1 amide bonds. The molecule has 0 saturated carbocycles. The van der Waals surface area contributed by atoms with Gasteiger partial charge in [-0.15, -0.1) is 0 Å². The van der Waals surface area contributed by atoms with Crippen LogP contribution in [-0.2, 0) is 9.53 Å². The number of rotatable bonds is 4. The summed E-state index contributed by atoms with van der Waals surface area (Å²) >= 11 is 0. The van der Waals surface area contributed by atoms with Gasteiger partial charge in [-0.2, -0.15) is 0 Å². The van der Waals surface area contributed by atoms with E-state index in [2.05, 4.69) is 5.32 Å². The van der Waals surface area contributed by atoms with Gasteiger partial charge in [0, 0.05) is 5.69 Å². The Labute approximate surface area is 134 Å². The lowest BCUT2D eigenvalue weighted by Crippen LogP contribution is -2.30. The number of ether oxygens (including phenoxy) is 1. The highest BCUT2D eigenvalue weighted by Gasteiger charge is 2.21. The van der Waals surface area contributed by atoms with Gasteiger partial charge in [0.1, 0.15) is 11.3 Å². The number of aryl methyl sites for hydroxylation is 2. The van der Waals surface area contributed by atoms with Crippen LogP contribution in [-0.4, -0.2) is 23.1 Å². The molecule has 2 aromatic carbocycles. The molecule has 0 aliphatic rings. The Morgan fingerprint density at radius 2 is 1.65 bits per heavy atom. The monoisotopic (exact) mass is 313 g/mol. The topological polar surface area (TPSA) is 75.6 Å². The molecule has 0 radical (unpaired) electrons. The molecule has 0 unspecified atom stereocenters. The summed E-state index contributed by atoms with van der Waals surface area (Å²) in [6.07, 6.45) is -0.982. The van der Waals surface area contributed by atoms with Crippen LogP contribution in [0.2, 0.25) is 0 Å². The first-order chi connectivity index (χ1) is 10.9. The maximum Gasteiger partial charge on any atom is 0.342 e. The van der Waals surface area contributed by atoms with Gasteiger partial charge in [0.15, 0.2) is 6.10 Å². The Bertz CT molecular complexity index is 722. The molecule has 0 aromatic heterocycles. The Morgan fingerprint density at radius 1 is 1.04 bits per heavy atom. The molecule has 1 atom stereocenters. The van der Waals surface area contributed by atoms with E-state index in [4.69, 9.17) is 4.74 Å². The van der Waals surface area contributed by atoms with Crippen molar-refractivity contribution in [2.45, 2.75) is 26.9 Å². The fourth-order valence-electron chi connectivity index (χ4n) is 1.97. The molecule has 0 aliphatic heterocycles. The second-order valence-corrected chi connectivity index (χ2v) is 5.42. The summed E-state index contributed by atoms with van der Waals surface area (Å²) in [7, 11) is 0. The maximum absolute atomic E-state index is 12.1. The third-order valence-electron chi connectivity index (χ3n) is 3.35. The number of esters is 1. The van der Waals surface area contributed by atoms with E-state index < -0.39 is 18.0 Å². The van der Waals surface area contributed by atoms with Gasteiger partial charge in [-0.3, -0.25) is 4.79 Å². The van der Waals surface area contributed by atoms with Crippen LogP contribution in [0.5, 0.6) is 5.75 Å². The van der Waals surface area contributed by atoms with Crippen molar-refractivity contribution in [1.82, 2.24) is 0 Å². The summed E-state index contributed by atoms with van der Waals surface area (Å²) in [6.45, 7) is 5.23. The zero-order valence-electron chi connectivity index (χ0n) is 13.3. The molecule has 0 saturated heterocycles. The van der Waals surface area contributed by atoms with Crippen LogP contribution in [0.25, 0.3) is 0 Å². The van der Waals surface area contributed by atoms with Gasteiger partial charge in [0.05, 0.1) is 0 Å². The largest absolute Gasteiger partial charge is 0.507 e. The first kappa shape index (κ1) is 16.5. The van der Waals surface area contributed by atoms with Crippen molar-refractivity contribution in [3.63, 3.8) is 0 Å². The molecule has 120 valence electrons. The molecule has 5 heteroatoms. The molecule has 0 spiro atoms. The van der Waals surface area contributed by atoms with Crippen molar-refractivity contribution < 1.29 is 19.4 Å². The number of phenols is 1. The van der Waals surface area contributed by atoms with Crippen LogP contribution in [0.1, 0.15) is 28.4 Å². The van der Waals surface area contributed by atoms with Crippen LogP contribution >= 0.6 is 0 Å². The molecule has 0 fully saturated rings. The minimum atomic E-state index is -0.982. The van der Waals surface area contributed by atoms with E-state index in [0.717, 1.165) is 11.1 Å². The molecule has 23 heavy (non-hydrogen) atoms. The number of phenolic OH excluding ortho intramolecular Hbond substituents is 1. The number of hydrogen-bond acceptors (Lipinski definition) is 4. The first-order valence-corrected chi connectivity index (χ1v) is 7.25. The summed E-state index contributed by atoms with van der Waals surface area (Å²) in [5.41, 5.74) is 2.56. The van der Waals surface area contributed by atoms with Crippen LogP contribution < -0.4 is 5.32 Å². The quantitative estimate of drug-likeness (QED) is 0.850. The highest BCUT2D eigenvalue weighted by atomic mass is 16.5. The van der Waals surface area contributed by atoms with Gasteiger partial charge in [0.25, 0.3) is 5.91 Å². The molecular formula is C18H19NO4. The van der Waals surface area contributed by atoms with E-state index >= 15 is 0 Å². The lowest BCUT2D eigenvalue weighted by Gasteiger charge is -2.14. The summed E-state index contributed by atoms with van der Waals surface area (Å²) in [6, 6.07) is 11.9. The molecule has 2 aromatic rings. The number of anilines is 1. The summed E-state index contributed by atoms with van der Waals surface area (Å²) < 4.78 is 5.10. The predicted molar refractivity (Wildman–Crippen MR) is 87.5 cm³/mol. The fourth-order valence-corrected chi connectivity index (χ4v) is 1.97. The lowest BCUT2D eigenvalue weighted by atomic mass is 10.1. The van der Waals surface area contributed by atoms with E-state index in [1.165, 1.54) is 19.1 Å². The average Bonchev–Trinajstić information content (AvgIpc) is 2.49. The third kappa shape index (κ3) is 4.32. The van der Waals surface area contributed by atoms with Crippen molar-refractivity contribution >= 4 is 17.6 Å². The third-order valence-corrected chi connectivity index (χ3v) is 3.35.